The molecule has 21 heavy (non-hydrogen) atoms. The Hall–Kier alpha value is -0.780. The van der Waals surface area contributed by atoms with E-state index in [9.17, 15) is 0 Å². The highest BCUT2D eigenvalue weighted by Crippen LogP contribution is 2.34. The van der Waals surface area contributed by atoms with Crippen LogP contribution in [0.2, 0.25) is 0 Å². The van der Waals surface area contributed by atoms with Gasteiger partial charge in [-0.05, 0) is 32.1 Å². The van der Waals surface area contributed by atoms with E-state index >= 15 is 0 Å². The second-order valence-electron chi connectivity index (χ2n) is 4.73. The lowest BCUT2D eigenvalue weighted by Gasteiger charge is -2.19. The van der Waals surface area contributed by atoms with Crippen molar-refractivity contribution in [1.29, 1.82) is 0 Å². The maximum Gasteiger partial charge on any atom is 0.165 e. The fourth-order valence-electron chi connectivity index (χ4n) is 2.21. The van der Waals surface area contributed by atoms with Crippen LogP contribution in [-0.4, -0.2) is 44.8 Å². The zero-order chi connectivity index (χ0) is 15.7. The Morgan fingerprint density at radius 3 is 2.48 bits per heavy atom. The van der Waals surface area contributed by atoms with Crippen molar-refractivity contribution >= 4 is 15.9 Å². The third-order valence-electron chi connectivity index (χ3n) is 3.42. The molecular weight excluding hydrogens is 332 g/mol. The Balaban J connectivity index is 2.66. The highest BCUT2D eigenvalue weighted by molar-refractivity contribution is 9.10. The molecule has 0 fully saturated rings. The number of nitrogens with zero attached hydrogens (tertiary/aromatic N) is 1. The Labute approximate surface area is 136 Å². The van der Waals surface area contributed by atoms with Crippen molar-refractivity contribution in [3.63, 3.8) is 0 Å². The molecule has 1 rings (SSSR count). The number of ether oxygens (including phenoxy) is 2. The van der Waals surface area contributed by atoms with E-state index in [1.165, 1.54) is 0 Å². The van der Waals surface area contributed by atoms with Crippen LogP contribution in [0, 0.1) is 0 Å². The van der Waals surface area contributed by atoms with Crippen LogP contribution in [0.3, 0.4) is 0 Å². The Morgan fingerprint density at radius 2 is 1.90 bits per heavy atom. The fourth-order valence-corrected chi connectivity index (χ4v) is 2.70. The molecule has 0 spiro atoms. The first-order valence-electron chi connectivity index (χ1n) is 7.58. The van der Waals surface area contributed by atoms with Gasteiger partial charge in [-0.3, -0.25) is 0 Å². The van der Waals surface area contributed by atoms with E-state index in [-0.39, 0.29) is 0 Å². The van der Waals surface area contributed by atoms with Crippen molar-refractivity contribution in [2.45, 2.75) is 27.3 Å². The maximum atomic E-state index is 5.74. The summed E-state index contributed by atoms with van der Waals surface area (Å²) in [5.74, 6) is 1.60. The highest BCUT2D eigenvalue weighted by atomic mass is 79.9. The molecule has 0 radical (unpaired) electrons. The van der Waals surface area contributed by atoms with Gasteiger partial charge in [0.2, 0.25) is 0 Å². The summed E-state index contributed by atoms with van der Waals surface area (Å²) in [5, 5.41) is 3.48. The molecule has 0 saturated carbocycles. The van der Waals surface area contributed by atoms with E-state index in [1.807, 2.05) is 13.0 Å². The number of halogens is 1. The summed E-state index contributed by atoms with van der Waals surface area (Å²) in [5.41, 5.74) is 1.11. The van der Waals surface area contributed by atoms with Gasteiger partial charge in [0.25, 0.3) is 0 Å². The van der Waals surface area contributed by atoms with Crippen LogP contribution in [0.1, 0.15) is 26.3 Å². The van der Waals surface area contributed by atoms with Gasteiger partial charge in [0.1, 0.15) is 0 Å². The first-order valence-corrected chi connectivity index (χ1v) is 8.37. The molecule has 0 bridgehead atoms. The van der Waals surface area contributed by atoms with Gasteiger partial charge in [0.05, 0.1) is 13.7 Å². The molecule has 0 amide bonds. The average Bonchev–Trinajstić information content (AvgIpc) is 2.49. The molecule has 0 atom stereocenters. The van der Waals surface area contributed by atoms with Crippen molar-refractivity contribution in [1.82, 2.24) is 10.2 Å². The second kappa shape index (κ2) is 10.0. The molecule has 5 heteroatoms. The molecule has 4 nitrogen and oxygen atoms in total. The molecule has 0 heterocycles. The third-order valence-corrected chi connectivity index (χ3v) is 3.88. The van der Waals surface area contributed by atoms with E-state index in [2.05, 4.69) is 46.1 Å². The number of methoxy groups -OCH3 is 1. The molecule has 1 aromatic carbocycles. The van der Waals surface area contributed by atoms with Gasteiger partial charge in [-0.25, -0.2) is 0 Å². The zero-order valence-electron chi connectivity index (χ0n) is 13.5. The summed E-state index contributed by atoms with van der Waals surface area (Å²) >= 11 is 3.52. The molecule has 0 aliphatic heterocycles. The van der Waals surface area contributed by atoms with E-state index in [4.69, 9.17) is 9.47 Å². The lowest BCUT2D eigenvalue weighted by molar-refractivity contribution is 0.297. The van der Waals surface area contributed by atoms with Gasteiger partial charge in [-0.1, -0.05) is 29.8 Å². The molecule has 0 aromatic heterocycles. The molecule has 0 saturated heterocycles. The smallest absolute Gasteiger partial charge is 0.165 e. The van der Waals surface area contributed by atoms with E-state index in [0.717, 1.165) is 54.3 Å². The highest BCUT2D eigenvalue weighted by Gasteiger charge is 2.12. The summed E-state index contributed by atoms with van der Waals surface area (Å²) in [6, 6.07) is 4.02. The van der Waals surface area contributed by atoms with Gasteiger partial charge in [-0.2, -0.15) is 0 Å². The van der Waals surface area contributed by atoms with Crippen LogP contribution in [0.4, 0.5) is 0 Å². The van der Waals surface area contributed by atoms with Gasteiger partial charge < -0.3 is 19.7 Å². The SMILES string of the molecule is CCOc1c(CNCCN(CC)CC)cc(Br)cc1OC. The lowest BCUT2D eigenvalue weighted by atomic mass is 10.2. The summed E-state index contributed by atoms with van der Waals surface area (Å²) in [4.78, 5) is 2.40. The fraction of sp³-hybridized carbons (Fsp3) is 0.625. The molecule has 0 unspecified atom stereocenters. The van der Waals surface area contributed by atoms with Gasteiger partial charge in [0, 0.05) is 29.7 Å². The van der Waals surface area contributed by atoms with Crippen LogP contribution >= 0.6 is 15.9 Å². The first-order chi connectivity index (χ1) is 10.2. The van der Waals surface area contributed by atoms with Crippen molar-refractivity contribution in [2.24, 2.45) is 0 Å². The standard InChI is InChI=1S/C16H27BrN2O2/c1-5-19(6-2)9-8-18-12-13-10-14(17)11-15(20-4)16(13)21-7-3/h10-11,18H,5-9,12H2,1-4H3. The van der Waals surface area contributed by atoms with Gasteiger partial charge in [0.15, 0.2) is 11.5 Å². The number of nitrogens with one attached hydrogen (secondary N) is 1. The van der Waals surface area contributed by atoms with E-state index in [1.54, 1.807) is 7.11 Å². The summed E-state index contributed by atoms with van der Waals surface area (Å²) in [6.45, 7) is 12.0. The largest absolute Gasteiger partial charge is 0.493 e. The quantitative estimate of drug-likeness (QED) is 0.650. The minimum atomic E-state index is 0.629. The van der Waals surface area contributed by atoms with Crippen LogP contribution in [0.15, 0.2) is 16.6 Å². The molecular formula is C16H27BrN2O2. The van der Waals surface area contributed by atoms with Gasteiger partial charge >= 0.3 is 0 Å². The molecule has 120 valence electrons. The van der Waals surface area contributed by atoms with Crippen molar-refractivity contribution in [3.05, 3.63) is 22.2 Å². The number of benzene rings is 1. The maximum absolute atomic E-state index is 5.74. The number of rotatable bonds is 10. The minimum Gasteiger partial charge on any atom is -0.493 e. The molecule has 1 N–H and O–H groups in total. The van der Waals surface area contributed by atoms with Crippen LogP contribution in [-0.2, 0) is 6.54 Å². The average molecular weight is 359 g/mol. The van der Waals surface area contributed by atoms with Crippen molar-refractivity contribution in [3.8, 4) is 11.5 Å². The Kier molecular flexibility index (Phi) is 8.73. The predicted octanol–water partition coefficient (Wildman–Crippen LogP) is 3.29. The van der Waals surface area contributed by atoms with Crippen molar-refractivity contribution in [2.75, 3.05) is 39.9 Å². The predicted molar refractivity (Wildman–Crippen MR) is 91.4 cm³/mol. The zero-order valence-corrected chi connectivity index (χ0v) is 15.1. The topological polar surface area (TPSA) is 33.7 Å². The first kappa shape index (κ1) is 18.3. The van der Waals surface area contributed by atoms with Crippen LogP contribution in [0.25, 0.3) is 0 Å². The molecule has 0 aliphatic carbocycles. The summed E-state index contributed by atoms with van der Waals surface area (Å²) < 4.78 is 12.1. The number of likely N-dealkylation sites (N-methyl/N-ethyl adjacent to an activating group) is 1. The Morgan fingerprint density at radius 1 is 1.19 bits per heavy atom. The molecule has 1 aromatic rings. The van der Waals surface area contributed by atoms with Crippen LogP contribution < -0.4 is 14.8 Å². The third kappa shape index (κ3) is 5.85. The van der Waals surface area contributed by atoms with Crippen LogP contribution in [0.5, 0.6) is 11.5 Å². The minimum absolute atomic E-state index is 0.629. The summed E-state index contributed by atoms with van der Waals surface area (Å²) in [6.07, 6.45) is 0. The monoisotopic (exact) mass is 358 g/mol. The number of hydrogen-bond acceptors (Lipinski definition) is 4. The second-order valence-corrected chi connectivity index (χ2v) is 5.65. The Bertz CT molecular complexity index is 423. The normalized spacial score (nSPS) is 11.0. The van der Waals surface area contributed by atoms with Crippen molar-refractivity contribution < 1.29 is 9.47 Å². The molecule has 0 aliphatic rings. The van der Waals surface area contributed by atoms with Gasteiger partial charge in [-0.15, -0.1) is 0 Å². The summed E-state index contributed by atoms with van der Waals surface area (Å²) in [7, 11) is 1.67. The van der Waals surface area contributed by atoms with E-state index < -0.39 is 0 Å². The van der Waals surface area contributed by atoms with E-state index in [0.29, 0.717) is 6.61 Å². The number of hydrogen-bond donors (Lipinski definition) is 1. The lowest BCUT2D eigenvalue weighted by Crippen LogP contribution is -2.31.